The van der Waals surface area contributed by atoms with Crippen molar-refractivity contribution in [1.82, 2.24) is 4.57 Å². The minimum absolute atomic E-state index is 0.113. The van der Waals surface area contributed by atoms with Gasteiger partial charge in [-0.05, 0) is 60.9 Å². The first-order chi connectivity index (χ1) is 14.2. The molecular weight excluding hydrogens is 440 g/mol. The van der Waals surface area contributed by atoms with Crippen LogP contribution in [0.5, 0.6) is 0 Å². The lowest BCUT2D eigenvalue weighted by Crippen LogP contribution is -2.14. The third kappa shape index (κ3) is 4.01. The molecule has 0 fully saturated rings. The van der Waals surface area contributed by atoms with E-state index >= 15 is 0 Å². The molecule has 0 aliphatic heterocycles. The highest BCUT2D eigenvalue weighted by Gasteiger charge is 2.18. The summed E-state index contributed by atoms with van der Waals surface area (Å²) in [6.07, 6.45) is 0. The molecule has 0 amide bonds. The lowest BCUT2D eigenvalue weighted by atomic mass is 10.1. The maximum Gasteiger partial charge on any atom is 0.308 e. The first-order valence-electron chi connectivity index (χ1n) is 9.21. The minimum atomic E-state index is -3.79. The lowest BCUT2D eigenvalue weighted by Gasteiger charge is -2.12. The van der Waals surface area contributed by atoms with Crippen molar-refractivity contribution in [3.05, 3.63) is 92.0 Å². The molecule has 8 heteroatoms. The fourth-order valence-corrected chi connectivity index (χ4v) is 5.56. The van der Waals surface area contributed by atoms with E-state index in [2.05, 4.69) is 4.72 Å². The minimum Gasteiger partial charge on any atom is -0.294 e. The molecule has 0 radical (unpaired) electrons. The van der Waals surface area contributed by atoms with Crippen molar-refractivity contribution >= 4 is 48.9 Å². The summed E-state index contributed by atoms with van der Waals surface area (Å²) < 4.78 is 30.7. The van der Waals surface area contributed by atoms with Gasteiger partial charge in [-0.25, -0.2) is 8.42 Å². The fourth-order valence-electron chi connectivity index (χ4n) is 3.21. The van der Waals surface area contributed by atoms with Crippen LogP contribution in [0, 0.1) is 13.8 Å². The number of nitrogens with one attached hydrogen (secondary N) is 1. The first kappa shape index (κ1) is 20.7. The van der Waals surface area contributed by atoms with Crippen molar-refractivity contribution in [3.63, 3.8) is 0 Å². The molecule has 154 valence electrons. The van der Waals surface area contributed by atoms with E-state index < -0.39 is 10.0 Å². The Labute approximate surface area is 183 Å². The van der Waals surface area contributed by atoms with Gasteiger partial charge >= 0.3 is 4.87 Å². The molecule has 0 atom stereocenters. The molecule has 4 aromatic rings. The largest absolute Gasteiger partial charge is 0.308 e. The number of fused-ring (bicyclic) bond motifs is 1. The summed E-state index contributed by atoms with van der Waals surface area (Å²) in [5.41, 5.74) is 3.84. The summed E-state index contributed by atoms with van der Waals surface area (Å²) in [6.45, 7) is 4.08. The van der Waals surface area contributed by atoms with Crippen molar-refractivity contribution in [3.8, 4) is 0 Å². The molecular formula is C22H19ClN2O3S2. The van der Waals surface area contributed by atoms with Crippen molar-refractivity contribution in [2.24, 2.45) is 0 Å². The summed E-state index contributed by atoms with van der Waals surface area (Å²) >= 11 is 7.25. The molecule has 1 aromatic heterocycles. The average Bonchev–Trinajstić information content (AvgIpc) is 3.01. The van der Waals surface area contributed by atoms with Crippen LogP contribution in [-0.4, -0.2) is 13.0 Å². The molecule has 0 spiro atoms. The fraction of sp³-hybridized carbons (Fsp3) is 0.136. The van der Waals surface area contributed by atoms with Gasteiger partial charge in [-0.1, -0.05) is 53.3 Å². The molecule has 1 N–H and O–H groups in total. The Kier molecular flexibility index (Phi) is 5.44. The van der Waals surface area contributed by atoms with Crippen LogP contribution < -0.4 is 9.60 Å². The zero-order valence-corrected chi connectivity index (χ0v) is 18.7. The Morgan fingerprint density at radius 3 is 2.57 bits per heavy atom. The second kappa shape index (κ2) is 7.91. The number of benzene rings is 3. The molecule has 0 aliphatic carbocycles. The van der Waals surface area contributed by atoms with Gasteiger partial charge in [-0.15, -0.1) is 0 Å². The number of nitrogens with zero attached hydrogens (tertiary/aromatic N) is 1. The Hall–Kier alpha value is -2.61. The third-order valence-corrected chi connectivity index (χ3v) is 7.55. The molecule has 0 bridgehead atoms. The van der Waals surface area contributed by atoms with Gasteiger partial charge in [0.05, 0.1) is 27.3 Å². The number of hydrogen-bond donors (Lipinski definition) is 1. The van der Waals surface area contributed by atoms with Crippen LogP contribution in [0.1, 0.15) is 16.7 Å². The van der Waals surface area contributed by atoms with E-state index in [1.165, 1.54) is 12.1 Å². The molecule has 0 aliphatic rings. The highest BCUT2D eigenvalue weighted by molar-refractivity contribution is 7.92. The second-order valence-corrected chi connectivity index (χ2v) is 10.2. The summed E-state index contributed by atoms with van der Waals surface area (Å²) in [5, 5.41) is 0.584. The van der Waals surface area contributed by atoms with Gasteiger partial charge in [0, 0.05) is 5.02 Å². The summed E-state index contributed by atoms with van der Waals surface area (Å²) in [4.78, 5) is 12.5. The number of sulfonamides is 1. The third-order valence-electron chi connectivity index (χ3n) is 4.87. The lowest BCUT2D eigenvalue weighted by molar-refractivity contribution is 0.601. The highest BCUT2D eigenvalue weighted by Crippen LogP contribution is 2.26. The highest BCUT2D eigenvalue weighted by atomic mass is 35.5. The van der Waals surface area contributed by atoms with E-state index in [0.717, 1.165) is 28.0 Å². The van der Waals surface area contributed by atoms with Crippen LogP contribution in [-0.2, 0) is 16.6 Å². The van der Waals surface area contributed by atoms with Crippen molar-refractivity contribution < 1.29 is 8.42 Å². The van der Waals surface area contributed by atoms with Gasteiger partial charge < -0.3 is 0 Å². The smallest absolute Gasteiger partial charge is 0.294 e. The van der Waals surface area contributed by atoms with Gasteiger partial charge in [0.1, 0.15) is 0 Å². The van der Waals surface area contributed by atoms with E-state index in [1.54, 1.807) is 22.8 Å². The van der Waals surface area contributed by atoms with Gasteiger partial charge in [-0.2, -0.15) is 0 Å². The van der Waals surface area contributed by atoms with Crippen molar-refractivity contribution in [1.29, 1.82) is 0 Å². The van der Waals surface area contributed by atoms with Crippen LogP contribution in [0.15, 0.2) is 70.4 Å². The Bertz CT molecular complexity index is 1420. The summed E-state index contributed by atoms with van der Waals surface area (Å²) in [6, 6.07) is 17.7. The number of halogens is 1. The molecule has 0 unspecified atom stereocenters. The number of rotatable bonds is 5. The Morgan fingerprint density at radius 1 is 1.03 bits per heavy atom. The normalized spacial score (nSPS) is 11.7. The number of thiazole rings is 1. The Balaban J connectivity index is 1.71. The van der Waals surface area contributed by atoms with Gasteiger partial charge in [0.15, 0.2) is 0 Å². The molecule has 5 nitrogen and oxygen atoms in total. The van der Waals surface area contributed by atoms with E-state index in [9.17, 15) is 13.2 Å². The summed E-state index contributed by atoms with van der Waals surface area (Å²) in [7, 11) is -3.79. The predicted molar refractivity (Wildman–Crippen MR) is 123 cm³/mol. The van der Waals surface area contributed by atoms with Crippen molar-refractivity contribution in [2.75, 3.05) is 4.72 Å². The number of anilines is 1. The zero-order chi connectivity index (χ0) is 21.5. The van der Waals surface area contributed by atoms with E-state index in [0.29, 0.717) is 27.5 Å². The standard InChI is InChI=1S/C22H19ClN2O3S2/c1-14-7-8-15(2)19(11-14)24-30(27,28)17-9-10-20-21(12-17)29-22(26)25(20)13-16-5-3-4-6-18(16)23/h3-12,24H,13H2,1-2H3. The van der Waals surface area contributed by atoms with E-state index in [-0.39, 0.29) is 9.77 Å². The molecule has 1 heterocycles. The maximum atomic E-state index is 12.9. The van der Waals surface area contributed by atoms with Crippen LogP contribution >= 0.6 is 22.9 Å². The van der Waals surface area contributed by atoms with E-state index in [1.807, 2.05) is 44.2 Å². The number of hydrogen-bond acceptors (Lipinski definition) is 4. The predicted octanol–water partition coefficient (Wildman–Crippen LogP) is 5.18. The molecule has 3 aromatic carbocycles. The van der Waals surface area contributed by atoms with Crippen LogP contribution in [0.3, 0.4) is 0 Å². The van der Waals surface area contributed by atoms with Gasteiger partial charge in [0.25, 0.3) is 10.0 Å². The Morgan fingerprint density at radius 2 is 1.80 bits per heavy atom. The zero-order valence-electron chi connectivity index (χ0n) is 16.3. The number of aryl methyl sites for hydroxylation is 2. The molecule has 4 rings (SSSR count). The van der Waals surface area contributed by atoms with Crippen LogP contribution in [0.2, 0.25) is 5.02 Å². The first-order valence-corrected chi connectivity index (χ1v) is 11.9. The quantitative estimate of drug-likeness (QED) is 0.448. The molecule has 0 saturated carbocycles. The monoisotopic (exact) mass is 458 g/mol. The summed E-state index contributed by atoms with van der Waals surface area (Å²) in [5.74, 6) is 0. The molecule has 30 heavy (non-hydrogen) atoms. The van der Waals surface area contributed by atoms with Crippen LogP contribution in [0.25, 0.3) is 10.2 Å². The molecule has 0 saturated heterocycles. The topological polar surface area (TPSA) is 68.2 Å². The van der Waals surface area contributed by atoms with Gasteiger partial charge in [0.2, 0.25) is 0 Å². The van der Waals surface area contributed by atoms with Crippen LogP contribution in [0.4, 0.5) is 5.69 Å². The van der Waals surface area contributed by atoms with Crippen molar-refractivity contribution in [2.45, 2.75) is 25.3 Å². The van der Waals surface area contributed by atoms with E-state index in [4.69, 9.17) is 11.6 Å². The SMILES string of the molecule is Cc1ccc(C)c(NS(=O)(=O)c2ccc3c(c2)sc(=O)n3Cc2ccccc2Cl)c1. The van der Waals surface area contributed by atoms with Gasteiger partial charge in [-0.3, -0.25) is 14.1 Å². The second-order valence-electron chi connectivity index (χ2n) is 7.10. The number of aromatic nitrogens is 1. The average molecular weight is 459 g/mol. The maximum absolute atomic E-state index is 12.9.